The predicted octanol–water partition coefficient (Wildman–Crippen LogP) is 3.88. The van der Waals surface area contributed by atoms with Crippen molar-refractivity contribution in [1.29, 1.82) is 0 Å². The number of phenols is 1. The molecule has 0 radical (unpaired) electrons. The number of fused-ring (bicyclic) bond motifs is 1. The van der Waals surface area contributed by atoms with Crippen molar-refractivity contribution in [1.82, 2.24) is 4.90 Å². The molecule has 0 spiro atoms. The van der Waals surface area contributed by atoms with Crippen LogP contribution in [0.3, 0.4) is 0 Å². The summed E-state index contributed by atoms with van der Waals surface area (Å²) in [6, 6.07) is 9.26. The maximum atomic E-state index is 12.7. The standard InChI is InChI=1S/C18H14ClNO5/c1-20(2)18(23)25-12-7-14(21)16-15(8-12)24-9-13(17(16)22)10-3-5-11(19)6-4-10/h3-9,21H,1-2H3. The van der Waals surface area contributed by atoms with E-state index in [4.69, 9.17) is 20.8 Å². The van der Waals surface area contributed by atoms with Gasteiger partial charge in [-0.1, -0.05) is 23.7 Å². The third kappa shape index (κ3) is 3.29. The smallest absolute Gasteiger partial charge is 0.414 e. The number of ether oxygens (including phenoxy) is 1. The molecular weight excluding hydrogens is 346 g/mol. The van der Waals surface area contributed by atoms with E-state index in [0.717, 1.165) is 0 Å². The Labute approximate surface area is 147 Å². The maximum absolute atomic E-state index is 12.7. The molecule has 1 N–H and O–H groups in total. The van der Waals surface area contributed by atoms with Crippen molar-refractivity contribution in [3.63, 3.8) is 0 Å². The summed E-state index contributed by atoms with van der Waals surface area (Å²) < 4.78 is 10.6. The molecule has 25 heavy (non-hydrogen) atoms. The molecule has 0 aliphatic carbocycles. The van der Waals surface area contributed by atoms with E-state index < -0.39 is 11.5 Å². The van der Waals surface area contributed by atoms with Crippen molar-refractivity contribution in [2.45, 2.75) is 0 Å². The molecular formula is C18H14ClNO5. The predicted molar refractivity (Wildman–Crippen MR) is 94.3 cm³/mol. The van der Waals surface area contributed by atoms with Gasteiger partial charge in [0, 0.05) is 31.3 Å². The Bertz CT molecular complexity index is 1010. The summed E-state index contributed by atoms with van der Waals surface area (Å²) in [6.07, 6.45) is 0.684. The van der Waals surface area contributed by atoms with Crippen LogP contribution < -0.4 is 10.2 Å². The molecule has 1 amide bonds. The number of hydrogen-bond acceptors (Lipinski definition) is 5. The highest BCUT2D eigenvalue weighted by molar-refractivity contribution is 6.30. The Kier molecular flexibility index (Phi) is 4.37. The molecule has 0 atom stereocenters. The van der Waals surface area contributed by atoms with Gasteiger partial charge in [-0.05, 0) is 17.7 Å². The van der Waals surface area contributed by atoms with Gasteiger partial charge < -0.3 is 19.2 Å². The average Bonchev–Trinajstić information content (AvgIpc) is 2.55. The van der Waals surface area contributed by atoms with E-state index >= 15 is 0 Å². The first-order valence-electron chi connectivity index (χ1n) is 7.30. The molecule has 1 heterocycles. The van der Waals surface area contributed by atoms with Crippen LogP contribution in [0.25, 0.3) is 22.1 Å². The molecule has 0 aliphatic heterocycles. The van der Waals surface area contributed by atoms with Crippen LogP contribution in [0.15, 0.2) is 51.9 Å². The van der Waals surface area contributed by atoms with Gasteiger partial charge in [-0.15, -0.1) is 0 Å². The minimum absolute atomic E-state index is 0.0112. The Balaban J connectivity index is 2.10. The Morgan fingerprint density at radius 2 is 1.88 bits per heavy atom. The van der Waals surface area contributed by atoms with Crippen molar-refractivity contribution >= 4 is 28.7 Å². The van der Waals surface area contributed by atoms with Crippen molar-refractivity contribution in [3.05, 3.63) is 57.9 Å². The Hall–Kier alpha value is -2.99. The highest BCUT2D eigenvalue weighted by atomic mass is 35.5. The molecule has 0 unspecified atom stereocenters. The lowest BCUT2D eigenvalue weighted by Crippen LogP contribution is -2.25. The first-order chi connectivity index (χ1) is 11.9. The van der Waals surface area contributed by atoms with Crippen molar-refractivity contribution in [2.75, 3.05) is 14.1 Å². The summed E-state index contributed by atoms with van der Waals surface area (Å²) in [4.78, 5) is 25.6. The van der Waals surface area contributed by atoms with Crippen molar-refractivity contribution in [3.8, 4) is 22.6 Å². The van der Waals surface area contributed by atoms with Crippen LogP contribution in [0.5, 0.6) is 11.5 Å². The monoisotopic (exact) mass is 359 g/mol. The Morgan fingerprint density at radius 1 is 1.20 bits per heavy atom. The van der Waals surface area contributed by atoms with E-state index in [2.05, 4.69) is 0 Å². The van der Waals surface area contributed by atoms with E-state index in [1.807, 2.05) is 0 Å². The normalized spacial score (nSPS) is 10.7. The fourth-order valence-corrected chi connectivity index (χ4v) is 2.41. The van der Waals surface area contributed by atoms with Gasteiger partial charge in [-0.3, -0.25) is 4.79 Å². The first-order valence-corrected chi connectivity index (χ1v) is 7.68. The third-order valence-corrected chi connectivity index (χ3v) is 3.81. The molecule has 3 aromatic rings. The number of benzene rings is 2. The van der Waals surface area contributed by atoms with Gasteiger partial charge in [-0.2, -0.15) is 0 Å². The summed E-state index contributed by atoms with van der Waals surface area (Å²) in [5, 5.41) is 10.8. The van der Waals surface area contributed by atoms with Crippen molar-refractivity contribution in [2.24, 2.45) is 0 Å². The molecule has 6 nitrogen and oxygen atoms in total. The van der Waals surface area contributed by atoms with Gasteiger partial charge in [0.1, 0.15) is 28.7 Å². The molecule has 3 rings (SSSR count). The summed E-state index contributed by atoms with van der Waals surface area (Å²) in [6.45, 7) is 0. The first kappa shape index (κ1) is 16.9. The van der Waals surface area contributed by atoms with Gasteiger partial charge >= 0.3 is 6.09 Å². The second-order valence-corrected chi connectivity index (χ2v) is 6.00. The quantitative estimate of drug-likeness (QED) is 0.751. The van der Waals surface area contributed by atoms with Gasteiger partial charge in [0.25, 0.3) is 0 Å². The van der Waals surface area contributed by atoms with E-state index in [-0.39, 0.29) is 28.0 Å². The molecule has 0 aliphatic rings. The minimum atomic E-state index is -0.612. The molecule has 0 saturated heterocycles. The van der Waals surface area contributed by atoms with E-state index in [0.29, 0.717) is 10.6 Å². The van der Waals surface area contributed by atoms with E-state index in [1.54, 1.807) is 24.3 Å². The molecule has 0 fully saturated rings. The Morgan fingerprint density at radius 3 is 2.52 bits per heavy atom. The number of hydrogen-bond donors (Lipinski definition) is 1. The lowest BCUT2D eigenvalue weighted by molar-refractivity contribution is 0.172. The number of nitrogens with zero attached hydrogens (tertiary/aromatic N) is 1. The topological polar surface area (TPSA) is 80.0 Å². The van der Waals surface area contributed by atoms with Crippen LogP contribution in [0, 0.1) is 0 Å². The fraction of sp³-hybridized carbons (Fsp3) is 0.111. The second kappa shape index (κ2) is 6.49. The summed E-state index contributed by atoms with van der Waals surface area (Å²) in [7, 11) is 3.06. The van der Waals surface area contributed by atoms with Gasteiger partial charge in [-0.25, -0.2) is 4.79 Å². The van der Waals surface area contributed by atoms with Crippen LogP contribution in [-0.2, 0) is 0 Å². The van der Waals surface area contributed by atoms with E-state index in [1.165, 1.54) is 37.4 Å². The zero-order valence-corrected chi connectivity index (χ0v) is 14.2. The molecule has 128 valence electrons. The zero-order valence-electron chi connectivity index (χ0n) is 13.4. The van der Waals surface area contributed by atoms with Crippen molar-refractivity contribution < 1.29 is 19.1 Å². The van der Waals surface area contributed by atoms with Crippen LogP contribution in [0.1, 0.15) is 0 Å². The van der Waals surface area contributed by atoms with Gasteiger partial charge in [0.2, 0.25) is 5.43 Å². The van der Waals surface area contributed by atoms with Gasteiger partial charge in [0.15, 0.2) is 0 Å². The largest absolute Gasteiger partial charge is 0.507 e. The van der Waals surface area contributed by atoms with Crippen LogP contribution in [-0.4, -0.2) is 30.2 Å². The zero-order chi connectivity index (χ0) is 18.1. The average molecular weight is 360 g/mol. The highest BCUT2D eigenvalue weighted by Crippen LogP contribution is 2.30. The minimum Gasteiger partial charge on any atom is -0.507 e. The second-order valence-electron chi connectivity index (χ2n) is 5.56. The van der Waals surface area contributed by atoms with Crippen LogP contribution in [0.4, 0.5) is 4.79 Å². The lowest BCUT2D eigenvalue weighted by atomic mass is 10.1. The molecule has 2 aromatic carbocycles. The third-order valence-electron chi connectivity index (χ3n) is 3.56. The van der Waals surface area contributed by atoms with Crippen LogP contribution in [0.2, 0.25) is 5.02 Å². The number of rotatable bonds is 2. The number of carbonyl (C=O) groups excluding carboxylic acids is 1. The molecule has 7 heteroatoms. The number of phenolic OH excluding ortho intramolecular Hbond substituents is 1. The molecule has 0 saturated carbocycles. The number of halogens is 1. The van der Waals surface area contributed by atoms with Gasteiger partial charge in [0.05, 0.1) is 5.56 Å². The fourth-order valence-electron chi connectivity index (χ4n) is 2.29. The number of amides is 1. The maximum Gasteiger partial charge on any atom is 0.414 e. The SMILES string of the molecule is CN(C)C(=O)Oc1cc(O)c2c(=O)c(-c3ccc(Cl)cc3)coc2c1. The number of aromatic hydroxyl groups is 1. The highest BCUT2D eigenvalue weighted by Gasteiger charge is 2.16. The van der Waals surface area contributed by atoms with Crippen LogP contribution >= 0.6 is 11.6 Å². The summed E-state index contributed by atoms with van der Waals surface area (Å²) >= 11 is 5.85. The summed E-state index contributed by atoms with van der Waals surface area (Å²) in [5.41, 5.74) is 0.621. The lowest BCUT2D eigenvalue weighted by Gasteiger charge is -2.11. The number of carbonyl (C=O) groups is 1. The summed E-state index contributed by atoms with van der Waals surface area (Å²) in [5.74, 6) is -0.255. The van der Waals surface area contributed by atoms with E-state index in [9.17, 15) is 14.7 Å². The molecule has 0 bridgehead atoms. The molecule has 1 aromatic heterocycles.